The second kappa shape index (κ2) is 6.55. The molecule has 6 nitrogen and oxygen atoms in total. The highest BCUT2D eigenvalue weighted by atomic mass is 35.5. The van der Waals surface area contributed by atoms with Gasteiger partial charge in [-0.15, -0.1) is 0 Å². The van der Waals surface area contributed by atoms with Gasteiger partial charge >= 0.3 is 0 Å². The summed E-state index contributed by atoms with van der Waals surface area (Å²) in [6.45, 7) is 3.74. The van der Waals surface area contributed by atoms with Crippen molar-refractivity contribution < 1.29 is 4.79 Å². The van der Waals surface area contributed by atoms with Crippen molar-refractivity contribution in [2.24, 2.45) is 0 Å². The Bertz CT molecular complexity index is 866. The second-order valence-electron chi connectivity index (χ2n) is 4.99. The van der Waals surface area contributed by atoms with Gasteiger partial charge in [0.2, 0.25) is 5.91 Å². The lowest BCUT2D eigenvalue weighted by molar-refractivity contribution is -0.115. The Morgan fingerprint density at radius 1 is 1.35 bits per heavy atom. The van der Waals surface area contributed by atoms with Crippen molar-refractivity contribution in [2.75, 3.05) is 5.32 Å². The molecular formula is C15H14ClN5OS. The molecule has 0 fully saturated rings. The van der Waals surface area contributed by atoms with Crippen molar-refractivity contribution in [3.05, 3.63) is 41.4 Å². The van der Waals surface area contributed by atoms with Crippen LogP contribution in [0.5, 0.6) is 0 Å². The van der Waals surface area contributed by atoms with Crippen LogP contribution in [0.1, 0.15) is 12.5 Å². The lowest BCUT2D eigenvalue weighted by atomic mass is 10.2. The fourth-order valence-corrected chi connectivity index (χ4v) is 3.07. The molecule has 2 heterocycles. The van der Waals surface area contributed by atoms with E-state index in [1.165, 1.54) is 18.1 Å². The fourth-order valence-electron chi connectivity index (χ4n) is 2.02. The molecule has 1 aromatic carbocycles. The first-order valence-electron chi connectivity index (χ1n) is 6.92. The number of thioether (sulfide) groups is 1. The number of carbonyl (C=O) groups is 1. The van der Waals surface area contributed by atoms with Gasteiger partial charge in [-0.2, -0.15) is 0 Å². The normalized spacial score (nSPS) is 12.3. The Hall–Kier alpha value is -2.12. The van der Waals surface area contributed by atoms with Crippen LogP contribution < -0.4 is 5.32 Å². The standard InChI is InChI=1S/C15H14ClN5OS/c1-8-3-4-10(16)5-11(8)21-14(22)9(2)23-15-12-13(18-6-17-12)19-7-20-15/h3-7,9H,1-2H3,(H,21,22)(H,17,18,19,20)/t9-/m1/s1. The largest absolute Gasteiger partial charge is 0.341 e. The highest BCUT2D eigenvalue weighted by molar-refractivity contribution is 8.00. The number of nitrogens with zero attached hydrogens (tertiary/aromatic N) is 3. The van der Waals surface area contributed by atoms with E-state index in [2.05, 4.69) is 25.3 Å². The SMILES string of the molecule is Cc1ccc(Cl)cc1NC(=O)[C@@H](C)Sc1ncnc2nc[nH]c12. The highest BCUT2D eigenvalue weighted by Gasteiger charge is 2.18. The predicted octanol–water partition coefficient (Wildman–Crippen LogP) is 3.43. The molecule has 1 atom stereocenters. The summed E-state index contributed by atoms with van der Waals surface area (Å²) in [5.74, 6) is -0.119. The number of carbonyl (C=O) groups excluding carboxylic acids is 1. The fraction of sp³-hybridized carbons (Fsp3) is 0.200. The Labute approximate surface area is 142 Å². The summed E-state index contributed by atoms with van der Waals surface area (Å²) in [4.78, 5) is 27.8. The Morgan fingerprint density at radius 2 is 2.17 bits per heavy atom. The van der Waals surface area contributed by atoms with Gasteiger partial charge in [-0.05, 0) is 31.5 Å². The van der Waals surface area contributed by atoms with E-state index in [0.29, 0.717) is 21.4 Å². The third kappa shape index (κ3) is 3.46. The average Bonchev–Trinajstić information content (AvgIpc) is 3.00. The zero-order valence-electron chi connectivity index (χ0n) is 12.5. The van der Waals surface area contributed by atoms with Crippen LogP contribution >= 0.6 is 23.4 Å². The number of hydrogen-bond acceptors (Lipinski definition) is 5. The second-order valence-corrected chi connectivity index (χ2v) is 6.75. The number of fused-ring (bicyclic) bond motifs is 1. The zero-order valence-corrected chi connectivity index (χ0v) is 14.1. The molecule has 0 saturated heterocycles. The molecule has 8 heteroatoms. The van der Waals surface area contributed by atoms with Crippen LogP contribution in [0, 0.1) is 6.92 Å². The van der Waals surface area contributed by atoms with E-state index in [1.807, 2.05) is 19.9 Å². The van der Waals surface area contributed by atoms with E-state index in [4.69, 9.17) is 11.6 Å². The minimum atomic E-state index is -0.338. The smallest absolute Gasteiger partial charge is 0.237 e. The van der Waals surface area contributed by atoms with E-state index in [0.717, 1.165) is 11.1 Å². The molecule has 118 valence electrons. The van der Waals surface area contributed by atoms with Gasteiger partial charge in [0.05, 0.1) is 11.6 Å². The van der Waals surface area contributed by atoms with Gasteiger partial charge in [0.15, 0.2) is 5.65 Å². The maximum atomic E-state index is 12.4. The van der Waals surface area contributed by atoms with Crippen LogP contribution in [-0.2, 0) is 4.79 Å². The van der Waals surface area contributed by atoms with E-state index in [-0.39, 0.29) is 11.2 Å². The lowest BCUT2D eigenvalue weighted by Gasteiger charge is -2.13. The van der Waals surface area contributed by atoms with Crippen LogP contribution in [0.15, 0.2) is 35.9 Å². The molecule has 0 saturated carbocycles. The predicted molar refractivity (Wildman–Crippen MR) is 91.8 cm³/mol. The number of benzene rings is 1. The minimum Gasteiger partial charge on any atom is -0.341 e. The van der Waals surface area contributed by atoms with Gasteiger partial charge in [0, 0.05) is 10.7 Å². The number of hydrogen-bond donors (Lipinski definition) is 2. The monoisotopic (exact) mass is 347 g/mol. The number of nitrogens with one attached hydrogen (secondary N) is 2. The Morgan fingerprint density at radius 3 is 3.00 bits per heavy atom. The average molecular weight is 348 g/mol. The molecular weight excluding hydrogens is 334 g/mol. The van der Waals surface area contributed by atoms with Gasteiger partial charge < -0.3 is 10.3 Å². The number of amides is 1. The van der Waals surface area contributed by atoms with Gasteiger partial charge in [0.1, 0.15) is 16.9 Å². The highest BCUT2D eigenvalue weighted by Crippen LogP contribution is 2.27. The molecule has 2 aromatic heterocycles. The van der Waals surface area contributed by atoms with E-state index in [9.17, 15) is 4.79 Å². The summed E-state index contributed by atoms with van der Waals surface area (Å²) in [6.07, 6.45) is 3.00. The molecule has 0 aliphatic rings. The summed E-state index contributed by atoms with van der Waals surface area (Å²) in [5, 5.41) is 3.84. The Balaban J connectivity index is 1.75. The molecule has 3 rings (SSSR count). The van der Waals surface area contributed by atoms with Crippen LogP contribution in [-0.4, -0.2) is 31.1 Å². The lowest BCUT2D eigenvalue weighted by Crippen LogP contribution is -2.23. The number of anilines is 1. The van der Waals surface area contributed by atoms with Crippen LogP contribution in [0.3, 0.4) is 0 Å². The van der Waals surface area contributed by atoms with Crippen molar-refractivity contribution in [3.8, 4) is 0 Å². The van der Waals surface area contributed by atoms with Crippen LogP contribution in [0.2, 0.25) is 5.02 Å². The van der Waals surface area contributed by atoms with E-state index < -0.39 is 0 Å². The molecule has 0 radical (unpaired) electrons. The quantitative estimate of drug-likeness (QED) is 0.558. The van der Waals surface area contributed by atoms with Crippen molar-refractivity contribution in [1.29, 1.82) is 0 Å². The number of aryl methyl sites for hydroxylation is 1. The first-order chi connectivity index (χ1) is 11.0. The van der Waals surface area contributed by atoms with Gasteiger partial charge in [-0.25, -0.2) is 15.0 Å². The summed E-state index contributed by atoms with van der Waals surface area (Å²) in [6, 6.07) is 5.40. The molecule has 0 bridgehead atoms. The maximum Gasteiger partial charge on any atom is 0.237 e. The number of aromatic amines is 1. The van der Waals surface area contributed by atoms with Crippen molar-refractivity contribution in [3.63, 3.8) is 0 Å². The van der Waals surface area contributed by atoms with Gasteiger partial charge in [-0.1, -0.05) is 29.4 Å². The molecule has 1 amide bonds. The maximum absolute atomic E-state index is 12.4. The van der Waals surface area contributed by atoms with Crippen LogP contribution in [0.4, 0.5) is 5.69 Å². The summed E-state index contributed by atoms with van der Waals surface area (Å²) in [7, 11) is 0. The van der Waals surface area contributed by atoms with Crippen molar-refractivity contribution in [2.45, 2.75) is 24.1 Å². The number of aromatic nitrogens is 4. The minimum absolute atomic E-state index is 0.119. The molecule has 0 unspecified atom stereocenters. The Kier molecular flexibility index (Phi) is 4.49. The number of imidazole rings is 1. The summed E-state index contributed by atoms with van der Waals surface area (Å²) in [5.41, 5.74) is 2.99. The third-order valence-corrected chi connectivity index (χ3v) is 4.64. The van der Waals surface area contributed by atoms with Crippen molar-refractivity contribution >= 4 is 46.1 Å². The van der Waals surface area contributed by atoms with Crippen LogP contribution in [0.25, 0.3) is 11.2 Å². The summed E-state index contributed by atoms with van der Waals surface area (Å²) >= 11 is 7.33. The molecule has 0 aliphatic carbocycles. The van der Waals surface area contributed by atoms with E-state index in [1.54, 1.807) is 18.5 Å². The molecule has 23 heavy (non-hydrogen) atoms. The van der Waals surface area contributed by atoms with E-state index >= 15 is 0 Å². The number of rotatable bonds is 4. The first kappa shape index (κ1) is 15.8. The third-order valence-electron chi connectivity index (χ3n) is 3.30. The number of halogens is 1. The molecule has 3 aromatic rings. The van der Waals surface area contributed by atoms with Crippen molar-refractivity contribution in [1.82, 2.24) is 19.9 Å². The topological polar surface area (TPSA) is 83.6 Å². The zero-order chi connectivity index (χ0) is 16.4. The number of H-pyrrole nitrogens is 1. The molecule has 2 N–H and O–H groups in total. The van der Waals surface area contributed by atoms with Gasteiger partial charge in [-0.3, -0.25) is 4.79 Å². The molecule has 0 spiro atoms. The summed E-state index contributed by atoms with van der Waals surface area (Å²) < 4.78 is 0. The molecule has 0 aliphatic heterocycles. The first-order valence-corrected chi connectivity index (χ1v) is 8.18. The van der Waals surface area contributed by atoms with Gasteiger partial charge in [0.25, 0.3) is 0 Å².